The van der Waals surface area contributed by atoms with Gasteiger partial charge in [0.2, 0.25) is 0 Å². The minimum Gasteiger partial charge on any atom is -0.512 e. The molecule has 0 saturated carbocycles. The number of carbonyl (C=O) groups excluding carboxylic acids is 1. The third kappa shape index (κ3) is 8.24. The van der Waals surface area contributed by atoms with E-state index in [0.717, 1.165) is 16.1 Å². The van der Waals surface area contributed by atoms with Gasteiger partial charge in [0.1, 0.15) is 0 Å². The minimum atomic E-state index is -0.0191. The molecule has 0 spiro atoms. The maximum absolute atomic E-state index is 10.5. The number of ketones is 1. The Bertz CT molecular complexity index is 1810. The molecule has 0 fully saturated rings. The van der Waals surface area contributed by atoms with Crippen molar-refractivity contribution in [1.82, 2.24) is 4.98 Å². The summed E-state index contributed by atoms with van der Waals surface area (Å²) in [6, 6.07) is 46.0. The maximum Gasteiger partial charge on any atom is 0.158 e. The molecule has 6 aromatic rings. The van der Waals surface area contributed by atoms with Crippen molar-refractivity contribution in [3.05, 3.63) is 139 Å². The summed E-state index contributed by atoms with van der Waals surface area (Å²) in [5.41, 5.74) is 9.31. The van der Waals surface area contributed by atoms with Gasteiger partial charge >= 0.3 is 0 Å². The summed E-state index contributed by atoms with van der Waals surface area (Å²) in [6.45, 7) is 3.57. The van der Waals surface area contributed by atoms with Gasteiger partial charge in [-0.2, -0.15) is 11.3 Å². The summed E-state index contributed by atoms with van der Waals surface area (Å²) in [5, 5.41) is 9.80. The van der Waals surface area contributed by atoms with E-state index in [1.54, 1.807) is 25.2 Å². The van der Waals surface area contributed by atoms with Gasteiger partial charge < -0.3 is 5.11 Å². The first-order valence-electron chi connectivity index (χ1n) is 14.1. The van der Waals surface area contributed by atoms with Crippen molar-refractivity contribution in [2.75, 3.05) is 0 Å². The molecule has 1 radical (unpaired) electrons. The molecule has 1 heterocycles. The van der Waals surface area contributed by atoms with E-state index in [1.807, 2.05) is 12.1 Å². The molecule has 0 bridgehead atoms. The average Bonchev–Trinajstić information content (AvgIpc) is 3.50. The summed E-state index contributed by atoms with van der Waals surface area (Å²) in [7, 11) is 0. The van der Waals surface area contributed by atoms with Crippen molar-refractivity contribution in [2.24, 2.45) is 0 Å². The number of aliphatic hydroxyl groups is 1. The fraction of sp³-hybridized carbons (Fsp3) is 0.105. The maximum atomic E-state index is 10.5. The van der Waals surface area contributed by atoms with Crippen LogP contribution in [-0.4, -0.2) is 15.9 Å². The van der Waals surface area contributed by atoms with Crippen LogP contribution < -0.4 is 0 Å². The number of carbonyl (C=O) groups is 1. The van der Waals surface area contributed by atoms with Gasteiger partial charge in [-0.05, 0) is 52.1 Å². The first kappa shape index (κ1) is 31.8. The molecule has 217 valence electrons. The second-order valence-electron chi connectivity index (χ2n) is 9.81. The van der Waals surface area contributed by atoms with E-state index in [0.29, 0.717) is 12.8 Å². The van der Waals surface area contributed by atoms with Crippen molar-refractivity contribution in [3.8, 4) is 44.0 Å². The molecule has 0 amide bonds. The Morgan fingerprint density at radius 1 is 0.721 bits per heavy atom. The fourth-order valence-corrected chi connectivity index (χ4v) is 5.48. The van der Waals surface area contributed by atoms with Gasteiger partial charge in [-0.1, -0.05) is 92.7 Å². The van der Waals surface area contributed by atoms with Gasteiger partial charge in [0.15, 0.2) is 5.78 Å². The number of nitrogens with zero attached hydrogens (tertiary/aromatic N) is 1. The van der Waals surface area contributed by atoms with E-state index in [2.05, 4.69) is 115 Å². The molecule has 1 N–H and O–H groups in total. The number of allylic oxidation sites excluding steroid dienone is 2. The Balaban J connectivity index is 0.000000371. The molecule has 0 unspecified atom stereocenters. The zero-order valence-electron chi connectivity index (χ0n) is 24.1. The Hall–Kier alpha value is -4.15. The summed E-state index contributed by atoms with van der Waals surface area (Å²) < 4.78 is 1.20. The Morgan fingerprint density at radius 2 is 1.28 bits per heavy atom. The van der Waals surface area contributed by atoms with Crippen LogP contribution in [0.5, 0.6) is 0 Å². The second kappa shape index (κ2) is 15.4. The van der Waals surface area contributed by atoms with Crippen LogP contribution in [0, 0.1) is 6.07 Å². The van der Waals surface area contributed by atoms with E-state index in [-0.39, 0.29) is 31.6 Å². The smallest absolute Gasteiger partial charge is 0.158 e. The van der Waals surface area contributed by atoms with Crippen LogP contribution in [0.2, 0.25) is 0 Å². The summed E-state index contributed by atoms with van der Waals surface area (Å²) in [4.78, 5) is 15.4. The predicted octanol–water partition coefficient (Wildman–Crippen LogP) is 10.6. The number of rotatable bonds is 7. The molecule has 5 aromatic carbocycles. The quantitative estimate of drug-likeness (QED) is 0.100. The standard InChI is InChI=1S/C31H20NS.C7H12O2.Ir/c1-2-9-22(10-3-1)23-11-6-12-24(19-23)25-13-7-14-26(20-25)27-15-8-16-28(21-27)31-32-29-17-4-5-18-30(29)33-31;1-3-6(8)5-7(9)4-2;/h1-15,17-21H;5,8H,3-4H2,1-2H3;/q-1;;/b;6-5-;. The number of hydrogen-bond donors (Lipinski definition) is 1. The first-order chi connectivity index (χ1) is 20.5. The van der Waals surface area contributed by atoms with Gasteiger partial charge in [-0.15, -0.1) is 35.4 Å². The van der Waals surface area contributed by atoms with E-state index >= 15 is 0 Å². The van der Waals surface area contributed by atoms with Gasteiger partial charge in [-0.3, -0.25) is 9.78 Å². The monoisotopic (exact) mass is 759 g/mol. The number of hydrogen-bond acceptors (Lipinski definition) is 4. The molecule has 0 aliphatic heterocycles. The third-order valence-corrected chi connectivity index (χ3v) is 7.93. The largest absolute Gasteiger partial charge is 0.512 e. The Labute approximate surface area is 271 Å². The van der Waals surface area contributed by atoms with Crippen LogP contribution in [0.1, 0.15) is 26.7 Å². The van der Waals surface area contributed by atoms with Crippen molar-refractivity contribution in [3.63, 3.8) is 0 Å². The van der Waals surface area contributed by atoms with Crippen LogP contribution in [-0.2, 0) is 24.9 Å². The normalized spacial score (nSPS) is 10.9. The Kier molecular flexibility index (Phi) is 11.3. The van der Waals surface area contributed by atoms with Crippen LogP contribution >= 0.6 is 11.3 Å². The third-order valence-electron chi connectivity index (χ3n) is 6.86. The van der Waals surface area contributed by atoms with Crippen LogP contribution in [0.15, 0.2) is 133 Å². The van der Waals surface area contributed by atoms with E-state index in [4.69, 9.17) is 10.1 Å². The Morgan fingerprint density at radius 3 is 1.88 bits per heavy atom. The number of aliphatic hydroxyl groups excluding tert-OH is 1. The van der Waals surface area contributed by atoms with Crippen LogP contribution in [0.3, 0.4) is 0 Å². The zero-order chi connectivity index (χ0) is 29.3. The van der Waals surface area contributed by atoms with E-state index < -0.39 is 0 Å². The SMILES string of the molecule is CCC(=O)/C=C(\O)CC.[Ir].[c-]1ccc(-c2cccc(-c3cccc(-c4ccccc4)c3)c2)cc1-c1nc2ccccc2s1. The van der Waals surface area contributed by atoms with Crippen molar-refractivity contribution < 1.29 is 30.0 Å². The summed E-state index contributed by atoms with van der Waals surface area (Å²) >= 11 is 1.71. The van der Waals surface area contributed by atoms with Crippen molar-refractivity contribution >= 4 is 27.3 Å². The van der Waals surface area contributed by atoms with Gasteiger partial charge in [0.25, 0.3) is 0 Å². The molecular weight excluding hydrogens is 727 g/mol. The van der Waals surface area contributed by atoms with Gasteiger partial charge in [0, 0.05) is 48.7 Å². The molecule has 0 aliphatic carbocycles. The van der Waals surface area contributed by atoms with E-state index in [9.17, 15) is 4.79 Å². The van der Waals surface area contributed by atoms with Crippen molar-refractivity contribution in [1.29, 1.82) is 0 Å². The number of aromatic nitrogens is 1. The minimum absolute atomic E-state index is 0. The molecule has 1 aromatic heterocycles. The predicted molar refractivity (Wildman–Crippen MR) is 177 cm³/mol. The van der Waals surface area contributed by atoms with Crippen LogP contribution in [0.4, 0.5) is 0 Å². The summed E-state index contributed by atoms with van der Waals surface area (Å²) in [5.74, 6) is 0.149. The molecule has 5 heteroatoms. The van der Waals surface area contributed by atoms with Gasteiger partial charge in [0.05, 0.1) is 11.3 Å². The number of thiazole rings is 1. The molecule has 0 saturated heterocycles. The molecular formula is C38H32IrNO2S-. The number of benzene rings is 5. The first-order valence-corrected chi connectivity index (χ1v) is 14.9. The number of fused-ring (bicyclic) bond motifs is 1. The molecule has 0 aliphatic rings. The zero-order valence-corrected chi connectivity index (χ0v) is 27.3. The van der Waals surface area contributed by atoms with E-state index in [1.165, 1.54) is 44.2 Å². The van der Waals surface area contributed by atoms with Gasteiger partial charge in [-0.25, -0.2) is 0 Å². The molecule has 0 atom stereocenters. The molecule has 43 heavy (non-hydrogen) atoms. The molecule has 3 nitrogen and oxygen atoms in total. The second-order valence-corrected chi connectivity index (χ2v) is 10.8. The topological polar surface area (TPSA) is 50.2 Å². The fourth-order valence-electron chi connectivity index (χ4n) is 4.53. The van der Waals surface area contributed by atoms with Crippen LogP contribution in [0.25, 0.3) is 54.2 Å². The average molecular weight is 759 g/mol. The summed E-state index contributed by atoms with van der Waals surface area (Å²) in [6.07, 6.45) is 2.27. The van der Waals surface area contributed by atoms with Crippen molar-refractivity contribution in [2.45, 2.75) is 26.7 Å². The molecule has 6 rings (SSSR count). The number of para-hydroxylation sites is 1.